The molecule has 9 N–H and O–H groups in total. The third kappa shape index (κ3) is 18.0. The number of thiophene rings is 1. The van der Waals surface area contributed by atoms with Crippen molar-refractivity contribution in [2.24, 2.45) is 11.7 Å². The van der Waals surface area contributed by atoms with E-state index in [1.807, 2.05) is 54.6 Å². The van der Waals surface area contributed by atoms with Gasteiger partial charge in [0, 0.05) is 121 Å². The molecule has 514 valence electrons. The van der Waals surface area contributed by atoms with Crippen LogP contribution >= 0.6 is 22.9 Å². The Morgan fingerprint density at radius 1 is 0.794 bits per heavy atom. The molecule has 0 radical (unpaired) electrons. The molecule has 10 rings (SSSR count). The number of ether oxygens (including phenoxy) is 3. The van der Waals surface area contributed by atoms with E-state index in [2.05, 4.69) is 41.5 Å². The van der Waals surface area contributed by atoms with Crippen molar-refractivity contribution in [3.63, 3.8) is 0 Å². The van der Waals surface area contributed by atoms with Gasteiger partial charge >= 0.3 is 12.1 Å². The molecular formula is C70H84ClN13O12S. The number of likely N-dealkylation sites (N-methyl/N-ethyl adjacent to an activating group) is 2. The molecule has 7 aromatic rings. The molecule has 4 aromatic carbocycles. The minimum atomic E-state index is -1.04. The molecule has 3 aliphatic heterocycles. The first-order chi connectivity index (χ1) is 46.7. The van der Waals surface area contributed by atoms with E-state index in [9.17, 15) is 43.2 Å². The van der Waals surface area contributed by atoms with Gasteiger partial charge in [0.2, 0.25) is 17.7 Å². The van der Waals surface area contributed by atoms with Crippen LogP contribution in [0, 0.1) is 12.8 Å². The van der Waals surface area contributed by atoms with Gasteiger partial charge < -0.3 is 66.3 Å². The number of nitrogens with two attached hydrogens (primary N) is 1. The number of primary amides is 1. The Hall–Kier alpha value is -9.34. The first kappa shape index (κ1) is 70.5. The van der Waals surface area contributed by atoms with E-state index in [0.29, 0.717) is 91.6 Å². The van der Waals surface area contributed by atoms with E-state index < -0.39 is 36.0 Å². The fraction of sp³-hybridized carbons (Fsp3) is 0.414. The topological polar surface area (TPSA) is 315 Å². The number of imide groups is 1. The van der Waals surface area contributed by atoms with Crippen LogP contribution in [0.3, 0.4) is 0 Å². The Bertz CT molecular complexity index is 4070. The van der Waals surface area contributed by atoms with Gasteiger partial charge in [0.25, 0.3) is 23.6 Å². The van der Waals surface area contributed by atoms with E-state index in [0.717, 1.165) is 73.3 Å². The highest BCUT2D eigenvalue weighted by molar-refractivity contribution is 7.17. The summed E-state index contributed by atoms with van der Waals surface area (Å²) >= 11 is 8.12. The van der Waals surface area contributed by atoms with Crippen LogP contribution in [0.4, 0.5) is 26.7 Å². The van der Waals surface area contributed by atoms with Crippen molar-refractivity contribution in [2.75, 3.05) is 101 Å². The number of alkyl halides is 1. The normalized spacial score (nSPS) is 15.2. The number of amides is 10. The number of nitrogens with zero attached hydrogens (tertiary/aromatic N) is 5. The smallest absolute Gasteiger partial charge is 0.415 e. The van der Waals surface area contributed by atoms with E-state index in [4.69, 9.17) is 31.5 Å². The predicted molar refractivity (Wildman–Crippen MR) is 373 cm³/mol. The van der Waals surface area contributed by atoms with Crippen LogP contribution in [0.15, 0.2) is 96.4 Å². The molecule has 0 bridgehead atoms. The number of carbonyl (C=O) groups is 9. The van der Waals surface area contributed by atoms with Gasteiger partial charge in [-0.2, -0.15) is 0 Å². The van der Waals surface area contributed by atoms with Crippen molar-refractivity contribution in [3.8, 4) is 11.5 Å². The average Bonchev–Trinajstić information content (AvgIpc) is 1.57. The molecule has 0 spiro atoms. The standard InChI is InChI=1S/C70H84ClN13O12S/c1-42(2)63(79-58(85)13-7-6-8-27-83-59(86)22-23-60(83)87)67(90)78-53(12-11-24-73-69(72)92)65(88)74-48-16-14-44(15-17-48)39-94-41-80(4)28-29-81(5)70(93)96-57-36-56-62(61-43(3)40-97-64(57)61)47(37-71)38-84(56)68(91)55-35-45-32-49(18-20-51(45)77-55)75-66(89)54-34-46-33-50(19-21-52(46)76-54)95-31-30-82-25-9-10-26-82/h14-23,32-36,40,42,47,53,63,76-77H,6-13,24-31,37-39,41H2,1-5H3,(H,74,88)(H,75,89)(H,78,90)(H,79,85)(H3,72,73,92). The fourth-order valence-electron chi connectivity index (χ4n) is 12.2. The summed E-state index contributed by atoms with van der Waals surface area (Å²) in [5.41, 5.74) is 11.8. The molecule has 3 atom stereocenters. The first-order valence-corrected chi connectivity index (χ1v) is 34.2. The Balaban J connectivity index is 0.690. The molecule has 1 fully saturated rings. The number of aromatic amines is 2. The highest BCUT2D eigenvalue weighted by atomic mass is 35.5. The lowest BCUT2D eigenvalue weighted by molar-refractivity contribution is -0.137. The van der Waals surface area contributed by atoms with Crippen LogP contribution in [0.2, 0.25) is 0 Å². The number of anilines is 3. The maximum atomic E-state index is 14.7. The van der Waals surface area contributed by atoms with Crippen molar-refractivity contribution >= 4 is 125 Å². The SMILES string of the molecule is Cc1csc2c(OC(=O)N(C)CCN(C)COCc3ccc(NC(=O)C(CCCNC(N)=O)NC(=O)C(NC(=O)CCCCCN4C(=O)C=CC4=O)C(C)C)cc3)cc3c(c12)C(CCl)CN3C(=O)c1cc2cc(NC(=O)c3cc4cc(OCCN5CCCC5)ccc4[nH]3)ccc2[nH]1. The maximum Gasteiger partial charge on any atom is 0.415 e. The van der Waals surface area contributed by atoms with Gasteiger partial charge in [0.1, 0.15) is 35.8 Å². The number of halogens is 1. The number of hydrogen-bond donors (Lipinski definition) is 8. The maximum absolute atomic E-state index is 14.7. The van der Waals surface area contributed by atoms with E-state index >= 15 is 0 Å². The van der Waals surface area contributed by atoms with E-state index in [-0.39, 0.29) is 86.5 Å². The largest absolute Gasteiger partial charge is 0.492 e. The summed E-state index contributed by atoms with van der Waals surface area (Å²) < 4.78 is 19.0. The highest BCUT2D eigenvalue weighted by Gasteiger charge is 2.38. The van der Waals surface area contributed by atoms with Gasteiger partial charge in [-0.25, -0.2) is 9.59 Å². The Morgan fingerprint density at radius 2 is 1.51 bits per heavy atom. The van der Waals surface area contributed by atoms with Crippen LogP contribution in [0.5, 0.6) is 11.5 Å². The minimum absolute atomic E-state index is 0.116. The number of aryl methyl sites for hydroxylation is 1. The zero-order chi connectivity index (χ0) is 68.9. The summed E-state index contributed by atoms with van der Waals surface area (Å²) in [7, 11) is 3.51. The third-order valence-corrected chi connectivity index (χ3v) is 19.0. The van der Waals surface area contributed by atoms with Crippen molar-refractivity contribution in [2.45, 2.75) is 96.7 Å². The monoisotopic (exact) mass is 1370 g/mol. The zero-order valence-electron chi connectivity index (χ0n) is 55.2. The van der Waals surface area contributed by atoms with Crippen molar-refractivity contribution in [1.29, 1.82) is 0 Å². The molecule has 97 heavy (non-hydrogen) atoms. The number of rotatable bonds is 32. The number of H-pyrrole nitrogens is 2. The number of nitrogens with one attached hydrogen (secondary N) is 7. The minimum Gasteiger partial charge on any atom is -0.492 e. The molecule has 0 saturated carbocycles. The molecular weight excluding hydrogens is 1280 g/mol. The number of hydrogen-bond acceptors (Lipinski definition) is 15. The van der Waals surface area contributed by atoms with Gasteiger partial charge in [0.05, 0.1) is 23.7 Å². The second-order valence-corrected chi connectivity index (χ2v) is 26.4. The van der Waals surface area contributed by atoms with Gasteiger partial charge in [0.15, 0.2) is 5.75 Å². The lowest BCUT2D eigenvalue weighted by Crippen LogP contribution is -2.54. The van der Waals surface area contributed by atoms with Crippen LogP contribution in [-0.2, 0) is 35.3 Å². The fourth-order valence-corrected chi connectivity index (χ4v) is 13.5. The number of urea groups is 1. The summed E-state index contributed by atoms with van der Waals surface area (Å²) in [6.07, 6.45) is 6.46. The lowest BCUT2D eigenvalue weighted by Gasteiger charge is -2.25. The zero-order valence-corrected chi connectivity index (χ0v) is 56.8. The van der Waals surface area contributed by atoms with Crippen molar-refractivity contribution in [1.82, 2.24) is 45.5 Å². The molecule has 10 amide bonds. The summed E-state index contributed by atoms with van der Waals surface area (Å²) in [5, 5.41) is 18.4. The quantitative estimate of drug-likeness (QED) is 0.00845. The summed E-state index contributed by atoms with van der Waals surface area (Å²) in [4.78, 5) is 133. The Labute approximate surface area is 571 Å². The lowest BCUT2D eigenvalue weighted by atomic mass is 9.97. The van der Waals surface area contributed by atoms with Crippen molar-refractivity contribution in [3.05, 3.63) is 124 Å². The number of unbranched alkanes of at least 4 members (excludes halogenated alkanes) is 2. The third-order valence-electron chi connectivity index (χ3n) is 17.5. The van der Waals surface area contributed by atoms with Crippen molar-refractivity contribution < 1.29 is 57.4 Å². The van der Waals surface area contributed by atoms with Crippen LogP contribution in [-0.4, -0.2) is 181 Å². The van der Waals surface area contributed by atoms with Gasteiger partial charge in [-0.05, 0) is 154 Å². The highest BCUT2D eigenvalue weighted by Crippen LogP contribution is 2.49. The average molecular weight is 1370 g/mol. The molecule has 6 heterocycles. The van der Waals surface area contributed by atoms with Crippen LogP contribution in [0.25, 0.3) is 31.9 Å². The Morgan fingerprint density at radius 3 is 2.24 bits per heavy atom. The number of aromatic nitrogens is 2. The summed E-state index contributed by atoms with van der Waals surface area (Å²) in [6, 6.07) is 20.8. The molecule has 1 saturated heterocycles. The summed E-state index contributed by atoms with van der Waals surface area (Å²) in [5.74, 6) is -1.96. The molecule has 0 aliphatic carbocycles. The molecule has 25 nitrogen and oxygen atoms in total. The molecule has 27 heteroatoms. The molecule has 3 aromatic heterocycles. The predicted octanol–water partition coefficient (Wildman–Crippen LogP) is 8.92. The van der Waals surface area contributed by atoms with E-state index in [1.165, 1.54) is 41.2 Å². The van der Waals surface area contributed by atoms with Gasteiger partial charge in [-0.3, -0.25) is 48.3 Å². The van der Waals surface area contributed by atoms with Crippen LogP contribution in [0.1, 0.15) is 109 Å². The Kier molecular flexibility index (Phi) is 23.7. The first-order valence-electron chi connectivity index (χ1n) is 32.8. The van der Waals surface area contributed by atoms with Gasteiger partial charge in [-0.15, -0.1) is 22.9 Å². The summed E-state index contributed by atoms with van der Waals surface area (Å²) in [6.45, 7) is 11.1. The van der Waals surface area contributed by atoms with E-state index in [1.54, 1.807) is 74.3 Å². The molecule has 3 unspecified atom stereocenters. The number of likely N-dealkylation sites (tertiary alicyclic amines) is 1. The van der Waals surface area contributed by atoms with Gasteiger partial charge in [-0.1, -0.05) is 32.4 Å². The number of benzene rings is 4. The number of fused-ring (bicyclic) bond motifs is 5. The molecule has 3 aliphatic rings. The van der Waals surface area contributed by atoms with Crippen LogP contribution < -0.4 is 46.7 Å². The second-order valence-electron chi connectivity index (χ2n) is 25.3. The second kappa shape index (κ2) is 32.6. The number of carbonyl (C=O) groups excluding carboxylic acids is 9.